The average molecular weight is 355 g/mol. The van der Waals surface area contributed by atoms with Crippen LogP contribution in [0, 0.1) is 28.4 Å². The maximum Gasteiger partial charge on any atom is 0.281 e. The number of azo groups is 1. The van der Waals surface area contributed by atoms with Crippen molar-refractivity contribution in [1.82, 2.24) is 4.57 Å². The van der Waals surface area contributed by atoms with Gasteiger partial charge in [0.1, 0.15) is 11.6 Å². The summed E-state index contributed by atoms with van der Waals surface area (Å²) in [5.74, 6) is -0.377. The molecule has 1 heterocycles. The van der Waals surface area contributed by atoms with Gasteiger partial charge in [-0.1, -0.05) is 13.3 Å². The van der Waals surface area contributed by atoms with Gasteiger partial charge in [-0.25, -0.2) is 0 Å². The molecule has 1 aromatic heterocycles. The first kappa shape index (κ1) is 18.8. The molecule has 26 heavy (non-hydrogen) atoms. The second-order valence-electron chi connectivity index (χ2n) is 5.57. The smallest absolute Gasteiger partial charge is 0.281 e. The lowest BCUT2D eigenvalue weighted by Gasteiger charge is -2.12. The number of rotatable bonds is 6. The predicted octanol–water partition coefficient (Wildman–Crippen LogP) is 3.86. The Hall–Kier alpha value is -3.54. The Morgan fingerprint density at radius 2 is 1.96 bits per heavy atom. The van der Waals surface area contributed by atoms with Crippen molar-refractivity contribution in [3.63, 3.8) is 0 Å². The number of hydrogen-bond donors (Lipinski definition) is 1. The lowest BCUT2D eigenvalue weighted by Crippen LogP contribution is -2.22. The standard InChI is InChI=1S/C17H17N5O4/c1-3-4-9-21-16(23)14(10-18)11(2)15(17(21)24)20-19-12-5-7-13(8-6-12)22(25)26/h5-8,23H,3-4,9H2,1-2H3. The molecule has 134 valence electrons. The molecule has 9 nitrogen and oxygen atoms in total. The first-order valence-electron chi connectivity index (χ1n) is 7.93. The van der Waals surface area contributed by atoms with E-state index in [4.69, 9.17) is 0 Å². The van der Waals surface area contributed by atoms with Gasteiger partial charge < -0.3 is 5.11 Å². The lowest BCUT2D eigenvalue weighted by molar-refractivity contribution is -0.384. The van der Waals surface area contributed by atoms with Crippen molar-refractivity contribution in [2.24, 2.45) is 10.2 Å². The van der Waals surface area contributed by atoms with Crippen LogP contribution in [-0.2, 0) is 6.54 Å². The molecule has 1 aromatic carbocycles. The van der Waals surface area contributed by atoms with Crippen LogP contribution in [-0.4, -0.2) is 14.6 Å². The summed E-state index contributed by atoms with van der Waals surface area (Å²) in [6.07, 6.45) is 1.46. The molecule has 0 spiro atoms. The number of unbranched alkanes of at least 4 members (excludes halogenated alkanes) is 1. The van der Waals surface area contributed by atoms with Gasteiger partial charge in [0.05, 0.1) is 10.6 Å². The van der Waals surface area contributed by atoms with E-state index in [0.717, 1.165) is 11.0 Å². The summed E-state index contributed by atoms with van der Waals surface area (Å²) in [6.45, 7) is 3.71. The predicted molar refractivity (Wildman–Crippen MR) is 94.0 cm³/mol. The van der Waals surface area contributed by atoms with Gasteiger partial charge in [-0.2, -0.15) is 10.4 Å². The molecule has 0 radical (unpaired) electrons. The van der Waals surface area contributed by atoms with Crippen molar-refractivity contribution >= 4 is 17.1 Å². The number of pyridine rings is 1. The molecule has 0 aliphatic rings. The quantitative estimate of drug-likeness (QED) is 0.477. The van der Waals surface area contributed by atoms with Gasteiger partial charge in [0.25, 0.3) is 11.2 Å². The van der Waals surface area contributed by atoms with Crippen LogP contribution >= 0.6 is 0 Å². The van der Waals surface area contributed by atoms with Gasteiger partial charge in [-0.15, -0.1) is 5.11 Å². The van der Waals surface area contributed by atoms with Crippen LogP contribution in [0.4, 0.5) is 17.1 Å². The summed E-state index contributed by atoms with van der Waals surface area (Å²) in [5.41, 5.74) is -0.154. The molecule has 0 saturated heterocycles. The topological polar surface area (TPSA) is 134 Å². The molecule has 0 aliphatic heterocycles. The summed E-state index contributed by atoms with van der Waals surface area (Å²) in [7, 11) is 0. The number of aromatic nitrogens is 1. The van der Waals surface area contributed by atoms with E-state index in [1.165, 1.54) is 31.2 Å². The van der Waals surface area contributed by atoms with Crippen LogP contribution in [0.3, 0.4) is 0 Å². The largest absolute Gasteiger partial charge is 0.493 e. The van der Waals surface area contributed by atoms with Gasteiger partial charge in [-0.05, 0) is 25.5 Å². The summed E-state index contributed by atoms with van der Waals surface area (Å²) in [6, 6.07) is 7.23. The Morgan fingerprint density at radius 3 is 2.50 bits per heavy atom. The molecule has 0 saturated carbocycles. The van der Waals surface area contributed by atoms with Crippen molar-refractivity contribution in [3.05, 3.63) is 55.9 Å². The summed E-state index contributed by atoms with van der Waals surface area (Å²) < 4.78 is 1.11. The van der Waals surface area contributed by atoms with E-state index in [2.05, 4.69) is 10.2 Å². The number of benzene rings is 1. The Morgan fingerprint density at radius 1 is 1.31 bits per heavy atom. The third-order valence-electron chi connectivity index (χ3n) is 3.83. The number of hydrogen-bond acceptors (Lipinski definition) is 7. The minimum atomic E-state index is -0.543. The second-order valence-corrected chi connectivity index (χ2v) is 5.57. The molecule has 0 amide bonds. The first-order chi connectivity index (χ1) is 12.4. The molecule has 0 fully saturated rings. The molecule has 0 atom stereocenters. The lowest BCUT2D eigenvalue weighted by atomic mass is 10.1. The van der Waals surface area contributed by atoms with Gasteiger partial charge in [0.2, 0.25) is 5.88 Å². The van der Waals surface area contributed by atoms with E-state index >= 15 is 0 Å². The number of aromatic hydroxyl groups is 1. The normalized spacial score (nSPS) is 10.8. The second kappa shape index (κ2) is 8.02. The minimum Gasteiger partial charge on any atom is -0.493 e. The summed E-state index contributed by atoms with van der Waals surface area (Å²) in [5, 5.41) is 38.0. The molecule has 0 unspecified atom stereocenters. The third kappa shape index (κ3) is 3.75. The van der Waals surface area contributed by atoms with E-state index in [9.17, 15) is 25.3 Å². The number of nitrogens with zero attached hydrogens (tertiary/aromatic N) is 5. The monoisotopic (exact) mass is 355 g/mol. The van der Waals surface area contributed by atoms with Crippen LogP contribution in [0.5, 0.6) is 5.88 Å². The molecule has 2 aromatic rings. The summed E-state index contributed by atoms with van der Waals surface area (Å²) >= 11 is 0. The molecule has 9 heteroatoms. The zero-order valence-electron chi connectivity index (χ0n) is 14.3. The fourth-order valence-corrected chi connectivity index (χ4v) is 2.33. The zero-order valence-corrected chi connectivity index (χ0v) is 14.3. The van der Waals surface area contributed by atoms with Gasteiger partial charge in [0.15, 0.2) is 5.69 Å². The zero-order chi connectivity index (χ0) is 19.3. The van der Waals surface area contributed by atoms with Crippen LogP contribution in [0.15, 0.2) is 39.3 Å². The fraction of sp³-hybridized carbons (Fsp3) is 0.294. The van der Waals surface area contributed by atoms with Gasteiger partial charge in [-0.3, -0.25) is 19.5 Å². The molecule has 1 N–H and O–H groups in total. The maximum atomic E-state index is 12.6. The van der Waals surface area contributed by atoms with Crippen LogP contribution < -0.4 is 5.56 Å². The van der Waals surface area contributed by atoms with Crippen molar-refractivity contribution < 1.29 is 10.0 Å². The Labute approximate surface area is 149 Å². The number of nitriles is 1. The average Bonchev–Trinajstić information content (AvgIpc) is 2.62. The van der Waals surface area contributed by atoms with Crippen LogP contribution in [0.25, 0.3) is 0 Å². The van der Waals surface area contributed by atoms with Gasteiger partial charge >= 0.3 is 0 Å². The van der Waals surface area contributed by atoms with Crippen molar-refractivity contribution in [2.75, 3.05) is 0 Å². The minimum absolute atomic E-state index is 0.0293. The Kier molecular flexibility index (Phi) is 5.80. The van der Waals surface area contributed by atoms with Crippen molar-refractivity contribution in [1.29, 1.82) is 5.26 Å². The molecule has 0 bridgehead atoms. The highest BCUT2D eigenvalue weighted by Crippen LogP contribution is 2.27. The molecule has 0 aliphatic carbocycles. The molecular formula is C17H17N5O4. The number of nitro benzene ring substituents is 1. The summed E-state index contributed by atoms with van der Waals surface area (Å²) in [4.78, 5) is 22.7. The van der Waals surface area contributed by atoms with E-state index < -0.39 is 10.5 Å². The highest BCUT2D eigenvalue weighted by atomic mass is 16.6. The molecule has 2 rings (SSSR count). The first-order valence-corrected chi connectivity index (χ1v) is 7.93. The molecular weight excluding hydrogens is 338 g/mol. The SMILES string of the molecule is CCCCn1c(O)c(C#N)c(C)c(N=Nc2ccc([N+](=O)[O-])cc2)c1=O. The number of non-ortho nitro benzene ring substituents is 1. The fourth-order valence-electron chi connectivity index (χ4n) is 2.33. The van der Waals surface area contributed by atoms with E-state index in [-0.39, 0.29) is 34.9 Å². The van der Waals surface area contributed by atoms with E-state index in [1.54, 1.807) is 0 Å². The van der Waals surface area contributed by atoms with E-state index in [0.29, 0.717) is 12.1 Å². The van der Waals surface area contributed by atoms with Crippen molar-refractivity contribution in [2.45, 2.75) is 33.2 Å². The van der Waals surface area contributed by atoms with Crippen LogP contribution in [0.1, 0.15) is 30.9 Å². The highest BCUT2D eigenvalue weighted by Gasteiger charge is 2.18. The van der Waals surface area contributed by atoms with Crippen LogP contribution in [0.2, 0.25) is 0 Å². The Balaban J connectivity index is 2.49. The Bertz CT molecular complexity index is 955. The number of nitro groups is 1. The maximum absolute atomic E-state index is 12.6. The van der Waals surface area contributed by atoms with Gasteiger partial charge in [0, 0.05) is 24.2 Å². The van der Waals surface area contributed by atoms with Crippen molar-refractivity contribution in [3.8, 4) is 11.9 Å². The highest BCUT2D eigenvalue weighted by molar-refractivity contribution is 5.56. The van der Waals surface area contributed by atoms with E-state index in [1.807, 2.05) is 13.0 Å². The third-order valence-corrected chi connectivity index (χ3v) is 3.83.